The third kappa shape index (κ3) is 2.76. The number of rotatable bonds is 1. The molecule has 0 saturated carbocycles. The molecule has 3 aliphatic rings. The second-order valence-corrected chi connectivity index (χ2v) is 8.30. The highest BCUT2D eigenvalue weighted by Gasteiger charge is 2.19. The van der Waals surface area contributed by atoms with E-state index in [-0.39, 0.29) is 0 Å². The minimum atomic E-state index is 1.05. The van der Waals surface area contributed by atoms with Crippen molar-refractivity contribution < 1.29 is 0 Å². The Morgan fingerprint density at radius 3 is 2.76 bits per heavy atom. The van der Waals surface area contributed by atoms with Crippen molar-refractivity contribution in [2.24, 2.45) is 0 Å². The Hall–Kier alpha value is -3.06. The van der Waals surface area contributed by atoms with Gasteiger partial charge in [0.05, 0.1) is 0 Å². The van der Waals surface area contributed by atoms with Gasteiger partial charge in [-0.15, -0.1) is 0 Å². The quantitative estimate of drug-likeness (QED) is 0.620. The van der Waals surface area contributed by atoms with E-state index in [4.69, 9.17) is 0 Å². The van der Waals surface area contributed by atoms with Gasteiger partial charge >= 0.3 is 0 Å². The minimum absolute atomic E-state index is 1.05. The standard InChI is InChI=1S/C28H24N/c1-2-7-21-17-19-29(18-16-20(21)6-1)28-11-5-10-24-26-13-12-22-8-3-4-9-23(22)25(26)14-15-27(24)28/h1,3-4,6-9,12,14-15,17,19H,5,10-11,13,16,18H2. The van der Waals surface area contributed by atoms with E-state index >= 15 is 0 Å². The summed E-state index contributed by atoms with van der Waals surface area (Å²) >= 11 is 0. The summed E-state index contributed by atoms with van der Waals surface area (Å²) in [5.74, 6) is 0. The smallest absolute Gasteiger partial charge is 0.0263 e. The summed E-state index contributed by atoms with van der Waals surface area (Å²) in [6, 6.07) is 23.2. The predicted octanol–water partition coefficient (Wildman–Crippen LogP) is 4.08. The second kappa shape index (κ2) is 6.77. The minimum Gasteiger partial charge on any atom is -0.350 e. The van der Waals surface area contributed by atoms with Crippen molar-refractivity contribution in [3.63, 3.8) is 0 Å². The number of benzene rings is 3. The zero-order chi connectivity index (χ0) is 19.2. The lowest BCUT2D eigenvalue weighted by Gasteiger charge is -2.28. The van der Waals surface area contributed by atoms with Crippen LogP contribution in [0.15, 0.2) is 60.8 Å². The first-order chi connectivity index (χ1) is 14.4. The third-order valence-corrected chi connectivity index (χ3v) is 6.75. The van der Waals surface area contributed by atoms with Gasteiger partial charge in [0.15, 0.2) is 0 Å². The van der Waals surface area contributed by atoms with Gasteiger partial charge < -0.3 is 4.90 Å². The Morgan fingerprint density at radius 1 is 0.828 bits per heavy atom. The van der Waals surface area contributed by atoms with E-state index in [9.17, 15) is 0 Å². The maximum absolute atomic E-state index is 3.22. The van der Waals surface area contributed by atoms with Gasteiger partial charge in [-0.1, -0.05) is 54.6 Å². The summed E-state index contributed by atoms with van der Waals surface area (Å²) in [4.78, 5) is 2.50. The lowest BCUT2D eigenvalue weighted by atomic mass is 9.87. The molecule has 0 saturated heterocycles. The van der Waals surface area contributed by atoms with Crippen LogP contribution in [0.2, 0.25) is 0 Å². The summed E-state index contributed by atoms with van der Waals surface area (Å²) in [6.07, 6.45) is 12.7. The van der Waals surface area contributed by atoms with Crippen LogP contribution in [-0.2, 0) is 19.3 Å². The number of hydrogen-bond donors (Lipinski definition) is 0. The van der Waals surface area contributed by atoms with Gasteiger partial charge in [0, 0.05) is 18.4 Å². The molecular weight excluding hydrogens is 350 g/mol. The summed E-state index contributed by atoms with van der Waals surface area (Å²) in [5, 5.41) is 5.69. The van der Waals surface area contributed by atoms with Gasteiger partial charge in [0.2, 0.25) is 0 Å². The highest BCUT2D eigenvalue weighted by Crippen LogP contribution is 2.26. The Kier molecular flexibility index (Phi) is 3.94. The van der Waals surface area contributed by atoms with E-state index < -0.39 is 0 Å². The first-order valence-electron chi connectivity index (χ1n) is 10.8. The molecular formula is C28H24N. The van der Waals surface area contributed by atoms with E-state index in [0.717, 1.165) is 19.4 Å². The topological polar surface area (TPSA) is 3.24 Å². The molecule has 3 aromatic rings. The Labute approximate surface area is 171 Å². The maximum atomic E-state index is 3.22. The Bertz CT molecular complexity index is 1360. The van der Waals surface area contributed by atoms with Gasteiger partial charge in [-0.2, -0.15) is 0 Å². The molecule has 1 radical (unpaired) electrons. The summed E-state index contributed by atoms with van der Waals surface area (Å²) in [7, 11) is 0. The summed E-state index contributed by atoms with van der Waals surface area (Å²) in [6.45, 7) is 1.05. The molecule has 6 rings (SSSR count). The lowest BCUT2D eigenvalue weighted by molar-refractivity contribution is 0.506. The fraction of sp³-hybridized carbons (Fsp3) is 0.214. The fourth-order valence-corrected chi connectivity index (χ4v) is 5.30. The van der Waals surface area contributed by atoms with Gasteiger partial charge in [-0.3, -0.25) is 0 Å². The molecule has 0 amide bonds. The number of hydrogen-bond acceptors (Lipinski definition) is 1. The molecule has 1 nitrogen and oxygen atoms in total. The monoisotopic (exact) mass is 374 g/mol. The van der Waals surface area contributed by atoms with Crippen molar-refractivity contribution >= 4 is 17.8 Å². The molecule has 3 aromatic carbocycles. The lowest BCUT2D eigenvalue weighted by Crippen LogP contribution is -2.30. The molecule has 2 aliphatic carbocycles. The maximum Gasteiger partial charge on any atom is 0.0263 e. The molecule has 1 heteroatoms. The summed E-state index contributed by atoms with van der Waals surface area (Å²) < 4.78 is 0. The molecule has 0 spiro atoms. The second-order valence-electron chi connectivity index (χ2n) is 8.30. The largest absolute Gasteiger partial charge is 0.350 e. The van der Waals surface area contributed by atoms with Crippen molar-refractivity contribution in [2.45, 2.75) is 32.1 Å². The van der Waals surface area contributed by atoms with E-state index in [1.165, 1.54) is 57.0 Å². The van der Waals surface area contributed by atoms with Crippen LogP contribution in [0, 0.1) is 16.5 Å². The van der Waals surface area contributed by atoms with Crippen molar-refractivity contribution in [1.82, 2.24) is 4.90 Å². The first kappa shape index (κ1) is 16.9. The van der Waals surface area contributed by atoms with E-state index in [1.54, 1.807) is 11.1 Å². The normalized spacial score (nSPS) is 16.8. The molecule has 1 heterocycles. The van der Waals surface area contributed by atoms with Crippen molar-refractivity contribution in [3.8, 4) is 0 Å². The molecule has 1 aliphatic heterocycles. The van der Waals surface area contributed by atoms with Crippen LogP contribution in [0.3, 0.4) is 0 Å². The molecule has 0 aromatic heterocycles. The summed E-state index contributed by atoms with van der Waals surface area (Å²) in [5.41, 5.74) is 7.37. The van der Waals surface area contributed by atoms with Gasteiger partial charge in [0.1, 0.15) is 0 Å². The fourth-order valence-electron chi connectivity index (χ4n) is 5.30. The average Bonchev–Trinajstić information content (AvgIpc) is 3.01. The first-order valence-corrected chi connectivity index (χ1v) is 10.8. The highest BCUT2D eigenvalue weighted by atomic mass is 15.1. The van der Waals surface area contributed by atoms with Crippen LogP contribution in [-0.4, -0.2) is 11.4 Å². The highest BCUT2D eigenvalue weighted by molar-refractivity contribution is 5.59. The molecule has 141 valence electrons. The van der Waals surface area contributed by atoms with Crippen molar-refractivity contribution in [3.05, 3.63) is 110 Å². The van der Waals surface area contributed by atoms with Gasteiger partial charge in [0.25, 0.3) is 0 Å². The molecule has 0 fully saturated rings. The molecule has 0 N–H and O–H groups in total. The average molecular weight is 375 g/mol. The van der Waals surface area contributed by atoms with E-state index in [0.29, 0.717) is 0 Å². The van der Waals surface area contributed by atoms with Gasteiger partial charge in [-0.25, -0.2) is 0 Å². The zero-order valence-corrected chi connectivity index (χ0v) is 16.6. The zero-order valence-electron chi connectivity index (χ0n) is 16.6. The van der Waals surface area contributed by atoms with Crippen molar-refractivity contribution in [2.75, 3.05) is 6.54 Å². The van der Waals surface area contributed by atoms with E-state index in [1.807, 2.05) is 6.07 Å². The van der Waals surface area contributed by atoms with E-state index in [2.05, 4.69) is 77.8 Å². The van der Waals surface area contributed by atoms with Gasteiger partial charge in [-0.05, 0) is 93.4 Å². The predicted molar refractivity (Wildman–Crippen MR) is 119 cm³/mol. The molecule has 0 atom stereocenters. The molecule has 29 heavy (non-hydrogen) atoms. The SMILES string of the molecule is [c]1ccc2c(c1)C=CN(C1=c3ccc4c(c3CCC1)CC=c1ccccc1=4)CC2. The Balaban J connectivity index is 1.54. The number of nitrogens with zero attached hydrogens (tertiary/aromatic N) is 1. The van der Waals surface area contributed by atoms with Crippen LogP contribution in [0.5, 0.6) is 0 Å². The van der Waals surface area contributed by atoms with Crippen molar-refractivity contribution in [1.29, 1.82) is 0 Å². The Morgan fingerprint density at radius 2 is 1.76 bits per heavy atom. The van der Waals surface area contributed by atoms with Crippen LogP contribution < -0.4 is 10.4 Å². The molecule has 0 unspecified atom stereocenters. The van der Waals surface area contributed by atoms with Crippen LogP contribution >= 0.6 is 0 Å². The van der Waals surface area contributed by atoms with Crippen LogP contribution in [0.4, 0.5) is 0 Å². The number of fused-ring (bicyclic) bond motifs is 5. The van der Waals surface area contributed by atoms with Crippen LogP contribution in [0.1, 0.15) is 35.1 Å². The third-order valence-electron chi connectivity index (χ3n) is 6.75. The molecule has 0 bridgehead atoms. The van der Waals surface area contributed by atoms with Crippen LogP contribution in [0.25, 0.3) is 17.8 Å².